The molecule has 2 aromatic rings. The first kappa shape index (κ1) is 26.4. The number of carbonyl (C=O) groups excluding carboxylic acids is 2. The van der Waals surface area contributed by atoms with Gasteiger partial charge in [0.15, 0.2) is 5.92 Å². The Hall–Kier alpha value is -3.64. The predicted molar refractivity (Wildman–Crippen MR) is 121 cm³/mol. The maximum Gasteiger partial charge on any atom is 0.320 e. The van der Waals surface area contributed by atoms with Crippen LogP contribution >= 0.6 is 0 Å². The Morgan fingerprint density at radius 3 is 1.88 bits per heavy atom. The van der Waals surface area contributed by atoms with E-state index in [0.29, 0.717) is 19.3 Å². The number of methoxy groups -OCH3 is 2. The third-order valence-corrected chi connectivity index (χ3v) is 5.17. The van der Waals surface area contributed by atoms with Crippen molar-refractivity contribution in [3.63, 3.8) is 0 Å². The highest BCUT2D eigenvalue weighted by atomic mass is 16.5. The molecule has 0 saturated carbocycles. The average Bonchev–Trinajstić information content (AvgIpc) is 2.84. The number of hydrogen-bond acceptors (Lipinski definition) is 6. The fourth-order valence-electron chi connectivity index (χ4n) is 3.47. The fourth-order valence-corrected chi connectivity index (χ4v) is 3.47. The van der Waals surface area contributed by atoms with Gasteiger partial charge in [-0.15, -0.1) is 0 Å². The van der Waals surface area contributed by atoms with Crippen molar-refractivity contribution < 1.29 is 19.1 Å². The molecule has 0 saturated heterocycles. The first-order chi connectivity index (χ1) is 15.5. The number of nitriles is 2. The number of hydrogen-bond donors (Lipinski definition) is 0. The van der Waals surface area contributed by atoms with E-state index in [4.69, 9.17) is 5.26 Å². The minimum absolute atomic E-state index is 0.210. The molecule has 0 spiro atoms. The molecule has 0 aliphatic carbocycles. The molecular weight excluding hydrogens is 404 g/mol. The Morgan fingerprint density at radius 2 is 1.44 bits per heavy atom. The molecular formula is C26H30N2O4. The molecule has 0 fully saturated rings. The maximum atomic E-state index is 11.8. The van der Waals surface area contributed by atoms with Crippen LogP contribution in [-0.4, -0.2) is 26.2 Å². The number of ether oxygens (including phenoxy) is 2. The zero-order valence-corrected chi connectivity index (χ0v) is 18.9. The molecule has 0 bridgehead atoms. The highest BCUT2D eigenvalue weighted by molar-refractivity contribution is 5.94. The summed E-state index contributed by atoms with van der Waals surface area (Å²) in [7, 11) is 2.47. The summed E-state index contributed by atoms with van der Waals surface area (Å²) in [6.45, 7) is 2.01. The average molecular weight is 435 g/mol. The van der Waals surface area contributed by atoms with Gasteiger partial charge in [0.1, 0.15) is 0 Å². The Balaban J connectivity index is 0.000000471. The number of benzene rings is 2. The van der Waals surface area contributed by atoms with Crippen molar-refractivity contribution in [3.05, 3.63) is 71.8 Å². The van der Waals surface area contributed by atoms with Crippen molar-refractivity contribution >= 4 is 11.9 Å². The van der Waals surface area contributed by atoms with Gasteiger partial charge in [-0.25, -0.2) is 0 Å². The van der Waals surface area contributed by atoms with Crippen molar-refractivity contribution in [2.75, 3.05) is 14.2 Å². The second-order valence-electron chi connectivity index (χ2n) is 7.27. The molecule has 2 rings (SSSR count). The topological polar surface area (TPSA) is 100 Å². The lowest BCUT2D eigenvalue weighted by molar-refractivity contribution is -0.159. The molecule has 1 atom stereocenters. The smallest absolute Gasteiger partial charge is 0.320 e. The van der Waals surface area contributed by atoms with Gasteiger partial charge < -0.3 is 9.47 Å². The minimum atomic E-state index is -1.00. The summed E-state index contributed by atoms with van der Waals surface area (Å²) < 4.78 is 9.35. The lowest BCUT2D eigenvalue weighted by atomic mass is 9.73. The van der Waals surface area contributed by atoms with Crippen LogP contribution < -0.4 is 0 Å². The second-order valence-corrected chi connectivity index (χ2v) is 7.27. The van der Waals surface area contributed by atoms with Crippen LogP contribution in [0.15, 0.2) is 60.7 Å². The van der Waals surface area contributed by atoms with E-state index >= 15 is 0 Å². The Kier molecular flexibility index (Phi) is 11.9. The molecule has 2 aromatic carbocycles. The van der Waals surface area contributed by atoms with Crippen LogP contribution in [0.25, 0.3) is 0 Å². The molecule has 1 unspecified atom stereocenters. The van der Waals surface area contributed by atoms with E-state index in [0.717, 1.165) is 17.5 Å². The summed E-state index contributed by atoms with van der Waals surface area (Å²) >= 11 is 0. The molecule has 6 nitrogen and oxygen atoms in total. The normalized spacial score (nSPS) is 11.7. The van der Waals surface area contributed by atoms with E-state index in [1.807, 2.05) is 67.6 Å². The van der Waals surface area contributed by atoms with E-state index in [1.165, 1.54) is 14.2 Å². The minimum Gasteiger partial charge on any atom is -0.468 e. The van der Waals surface area contributed by atoms with Crippen LogP contribution in [0.3, 0.4) is 0 Å². The van der Waals surface area contributed by atoms with Crippen LogP contribution in [0.1, 0.15) is 43.7 Å². The van der Waals surface area contributed by atoms with Crippen molar-refractivity contribution in [2.24, 2.45) is 5.92 Å². The van der Waals surface area contributed by atoms with Crippen molar-refractivity contribution in [1.82, 2.24) is 0 Å². The van der Waals surface area contributed by atoms with Gasteiger partial charge in [-0.3, -0.25) is 9.59 Å². The fraction of sp³-hybridized carbons (Fsp3) is 0.385. The zero-order chi connectivity index (χ0) is 23.8. The van der Waals surface area contributed by atoms with Gasteiger partial charge in [0, 0.05) is 0 Å². The van der Waals surface area contributed by atoms with Crippen LogP contribution in [0.5, 0.6) is 0 Å². The molecule has 0 aliphatic rings. The van der Waals surface area contributed by atoms with Gasteiger partial charge >= 0.3 is 11.9 Å². The second kappa shape index (κ2) is 14.4. The van der Waals surface area contributed by atoms with E-state index in [1.54, 1.807) is 0 Å². The van der Waals surface area contributed by atoms with E-state index in [9.17, 15) is 14.9 Å². The van der Waals surface area contributed by atoms with Gasteiger partial charge in [-0.2, -0.15) is 10.5 Å². The molecule has 0 aliphatic heterocycles. The first-order valence-corrected chi connectivity index (χ1v) is 10.5. The summed E-state index contributed by atoms with van der Waals surface area (Å²) in [6.07, 6.45) is 2.59. The number of esters is 2. The molecule has 0 N–H and O–H groups in total. The summed E-state index contributed by atoms with van der Waals surface area (Å²) in [5, 5.41) is 18.1. The van der Waals surface area contributed by atoms with Crippen LogP contribution in [0.2, 0.25) is 0 Å². The summed E-state index contributed by atoms with van der Waals surface area (Å²) in [5.74, 6) is -2.26. The lowest BCUT2D eigenvalue weighted by Gasteiger charge is -2.28. The van der Waals surface area contributed by atoms with Crippen LogP contribution in [0, 0.1) is 28.6 Å². The summed E-state index contributed by atoms with van der Waals surface area (Å²) in [4.78, 5) is 23.6. The van der Waals surface area contributed by atoms with E-state index < -0.39 is 23.3 Å². The quantitative estimate of drug-likeness (QED) is 0.417. The highest BCUT2D eigenvalue weighted by Gasteiger charge is 2.36. The lowest BCUT2D eigenvalue weighted by Crippen LogP contribution is -2.31. The molecule has 0 heterocycles. The SMILES string of the molecule is CCCC(C#N)(CCC(C(=O)OC)C(=O)OC)c1ccccc1.N#CCc1ccccc1. The number of nitrogens with zero attached hydrogens (tertiary/aromatic N) is 2. The molecule has 168 valence electrons. The van der Waals surface area contributed by atoms with Gasteiger partial charge in [0.25, 0.3) is 0 Å². The van der Waals surface area contributed by atoms with Gasteiger partial charge in [-0.05, 0) is 30.4 Å². The van der Waals surface area contributed by atoms with Crippen molar-refractivity contribution in [1.29, 1.82) is 10.5 Å². The number of rotatable bonds is 9. The van der Waals surface area contributed by atoms with Crippen LogP contribution in [-0.2, 0) is 30.9 Å². The first-order valence-electron chi connectivity index (χ1n) is 10.5. The third-order valence-electron chi connectivity index (χ3n) is 5.17. The summed E-state index contributed by atoms with van der Waals surface area (Å²) in [5.41, 5.74) is 1.26. The zero-order valence-electron chi connectivity index (χ0n) is 18.9. The monoisotopic (exact) mass is 434 g/mol. The molecule has 32 heavy (non-hydrogen) atoms. The standard InChI is InChI=1S/C18H23NO4.C8H7N/c1-4-11-18(13-19,14-8-6-5-7-9-14)12-10-15(16(20)22-2)17(21)23-3;9-7-6-8-4-2-1-3-5-8/h5-9,15H,4,10-12H2,1-3H3;1-5H,6H2. The Morgan fingerprint density at radius 1 is 0.906 bits per heavy atom. The Labute approximate surface area is 190 Å². The molecule has 0 aromatic heterocycles. The van der Waals surface area contributed by atoms with Crippen molar-refractivity contribution in [2.45, 2.75) is 44.4 Å². The Bertz CT molecular complexity index is 900. The van der Waals surface area contributed by atoms with E-state index in [2.05, 4.69) is 21.6 Å². The molecule has 0 radical (unpaired) electrons. The van der Waals surface area contributed by atoms with Gasteiger partial charge in [0.2, 0.25) is 0 Å². The van der Waals surface area contributed by atoms with Crippen molar-refractivity contribution in [3.8, 4) is 12.1 Å². The van der Waals surface area contributed by atoms with Gasteiger partial charge in [-0.1, -0.05) is 74.0 Å². The summed E-state index contributed by atoms with van der Waals surface area (Å²) in [6, 6.07) is 23.7. The molecule has 0 amide bonds. The third kappa shape index (κ3) is 7.89. The molecule has 6 heteroatoms. The van der Waals surface area contributed by atoms with E-state index in [-0.39, 0.29) is 6.42 Å². The van der Waals surface area contributed by atoms with Crippen LogP contribution in [0.4, 0.5) is 0 Å². The largest absolute Gasteiger partial charge is 0.468 e. The maximum absolute atomic E-state index is 11.8. The number of carbonyl (C=O) groups is 2. The predicted octanol–water partition coefficient (Wildman–Crippen LogP) is 4.74. The van der Waals surface area contributed by atoms with Gasteiger partial charge in [0.05, 0.1) is 38.2 Å². The highest BCUT2D eigenvalue weighted by Crippen LogP contribution is 2.35.